The van der Waals surface area contributed by atoms with Crippen LogP contribution in [0.25, 0.3) is 0 Å². The summed E-state index contributed by atoms with van der Waals surface area (Å²) in [5, 5.41) is 17.9. The average molecular weight is 284 g/mol. The molecule has 0 spiro atoms. The number of rotatable bonds is 8. The lowest BCUT2D eigenvalue weighted by Crippen LogP contribution is -2.23. The van der Waals surface area contributed by atoms with Crippen LogP contribution in [0.5, 0.6) is 0 Å². The summed E-state index contributed by atoms with van der Waals surface area (Å²) in [6.45, 7) is 4.87. The first-order valence-corrected chi connectivity index (χ1v) is 7.56. The Kier molecular flexibility index (Phi) is 4.81. The number of hydrogen-bond acceptors (Lipinski definition) is 5. The number of hydrogen-bond donors (Lipinski definition) is 1. The number of aliphatic carboxylic acids is 1. The minimum absolute atomic E-state index is 0.0341. The molecule has 0 aromatic carbocycles. The molecule has 1 aromatic heterocycles. The predicted octanol–water partition coefficient (Wildman–Crippen LogP) is 1.28. The van der Waals surface area contributed by atoms with Gasteiger partial charge in [0.1, 0.15) is 5.82 Å². The zero-order chi connectivity index (χ0) is 13.8. The van der Waals surface area contributed by atoms with Crippen molar-refractivity contribution in [2.24, 2.45) is 0 Å². The molecule has 0 bridgehead atoms. The fraction of sp³-hybridized carbons (Fsp3) is 0.750. The molecule has 1 aliphatic rings. The summed E-state index contributed by atoms with van der Waals surface area (Å²) >= 11 is 1.25. The minimum Gasteiger partial charge on any atom is -0.481 e. The summed E-state index contributed by atoms with van der Waals surface area (Å²) in [5.41, 5.74) is 0. The third-order valence-electron chi connectivity index (χ3n) is 3.26. The highest BCUT2D eigenvalue weighted by atomic mass is 32.2. The molecule has 1 heterocycles. The smallest absolute Gasteiger partial charge is 0.313 e. The zero-order valence-corrected chi connectivity index (χ0v) is 12.2. The van der Waals surface area contributed by atoms with Gasteiger partial charge in [-0.2, -0.15) is 0 Å². The van der Waals surface area contributed by atoms with Gasteiger partial charge in [-0.15, -0.1) is 10.2 Å². The first-order valence-electron chi connectivity index (χ1n) is 6.58. The third-order valence-corrected chi connectivity index (χ3v) is 4.21. The second-order valence-corrected chi connectivity index (χ2v) is 5.79. The molecule has 1 fully saturated rings. The van der Waals surface area contributed by atoms with Crippen molar-refractivity contribution in [3.8, 4) is 0 Å². The monoisotopic (exact) mass is 284 g/mol. The molecule has 1 aliphatic carbocycles. The molecular weight excluding hydrogens is 264 g/mol. The molecule has 106 valence electrons. The topological polar surface area (TPSA) is 71.2 Å². The predicted molar refractivity (Wildman–Crippen MR) is 73.5 cm³/mol. The quantitative estimate of drug-likeness (QED) is 0.725. The van der Waals surface area contributed by atoms with Crippen molar-refractivity contribution < 1.29 is 9.90 Å². The lowest BCUT2D eigenvalue weighted by Gasteiger charge is -2.16. The summed E-state index contributed by atoms with van der Waals surface area (Å²) in [5.74, 6) is 0.765. The van der Waals surface area contributed by atoms with Gasteiger partial charge in [0, 0.05) is 19.0 Å². The molecular formula is C12H20N4O2S. The number of carbonyl (C=O) groups is 1. The van der Waals surface area contributed by atoms with Crippen molar-refractivity contribution >= 4 is 17.7 Å². The van der Waals surface area contributed by atoms with Gasteiger partial charge in [0.05, 0.1) is 5.75 Å². The molecule has 6 nitrogen and oxygen atoms in total. The average Bonchev–Trinajstić information content (AvgIpc) is 3.15. The molecule has 0 saturated heterocycles. The first-order chi connectivity index (χ1) is 9.11. The van der Waals surface area contributed by atoms with E-state index in [0.29, 0.717) is 5.92 Å². The molecule has 0 atom stereocenters. The van der Waals surface area contributed by atoms with E-state index >= 15 is 0 Å². The van der Waals surface area contributed by atoms with Gasteiger partial charge < -0.3 is 14.6 Å². The van der Waals surface area contributed by atoms with Gasteiger partial charge in [0.25, 0.3) is 0 Å². The molecule has 0 radical (unpaired) electrons. The van der Waals surface area contributed by atoms with Crippen molar-refractivity contribution in [3.63, 3.8) is 0 Å². The highest BCUT2D eigenvalue weighted by Crippen LogP contribution is 2.39. The van der Waals surface area contributed by atoms with Crippen LogP contribution in [0.3, 0.4) is 0 Å². The van der Waals surface area contributed by atoms with E-state index < -0.39 is 5.97 Å². The lowest BCUT2D eigenvalue weighted by atomic mass is 10.4. The molecule has 2 rings (SSSR count). The highest BCUT2D eigenvalue weighted by Gasteiger charge is 2.30. The molecule has 7 heteroatoms. The van der Waals surface area contributed by atoms with Crippen molar-refractivity contribution in [1.29, 1.82) is 0 Å². The Morgan fingerprint density at radius 3 is 2.84 bits per heavy atom. The maximum Gasteiger partial charge on any atom is 0.313 e. The second kappa shape index (κ2) is 6.38. The van der Waals surface area contributed by atoms with Gasteiger partial charge in [-0.05, 0) is 26.4 Å². The molecule has 0 unspecified atom stereocenters. The Balaban J connectivity index is 2.06. The van der Waals surface area contributed by atoms with E-state index in [2.05, 4.69) is 33.6 Å². The van der Waals surface area contributed by atoms with Crippen LogP contribution < -0.4 is 0 Å². The fourth-order valence-electron chi connectivity index (χ4n) is 1.82. The van der Waals surface area contributed by atoms with Crippen molar-refractivity contribution in [3.05, 3.63) is 5.82 Å². The third kappa shape index (κ3) is 3.94. The molecule has 0 aliphatic heterocycles. The number of carboxylic acid groups (broad SMARTS) is 1. The Hall–Kier alpha value is -1.08. The van der Waals surface area contributed by atoms with Crippen LogP contribution in [0, 0.1) is 0 Å². The summed E-state index contributed by atoms with van der Waals surface area (Å²) < 4.78 is 2.09. The van der Waals surface area contributed by atoms with Gasteiger partial charge in [0.15, 0.2) is 5.16 Å². The van der Waals surface area contributed by atoms with Gasteiger partial charge in [0.2, 0.25) is 0 Å². The number of thioether (sulfide) groups is 1. The van der Waals surface area contributed by atoms with Gasteiger partial charge >= 0.3 is 5.97 Å². The Morgan fingerprint density at radius 1 is 1.53 bits per heavy atom. The number of aromatic nitrogens is 3. The number of likely N-dealkylation sites (N-methyl/N-ethyl adjacent to an activating group) is 1. The molecule has 1 N–H and O–H groups in total. The fourth-order valence-corrected chi connectivity index (χ4v) is 2.51. The van der Waals surface area contributed by atoms with Crippen LogP contribution in [0.4, 0.5) is 0 Å². The van der Waals surface area contributed by atoms with Crippen LogP contribution in [0.1, 0.15) is 31.5 Å². The summed E-state index contributed by atoms with van der Waals surface area (Å²) in [7, 11) is 2.07. The van der Waals surface area contributed by atoms with E-state index in [-0.39, 0.29) is 5.75 Å². The Labute approximate surface area is 117 Å². The Morgan fingerprint density at radius 2 is 2.26 bits per heavy atom. The summed E-state index contributed by atoms with van der Waals surface area (Å²) in [4.78, 5) is 12.9. The number of carboxylic acids is 1. The molecule has 1 aromatic rings. The molecule has 1 saturated carbocycles. The van der Waals surface area contributed by atoms with Crippen LogP contribution in [0.2, 0.25) is 0 Å². The van der Waals surface area contributed by atoms with Gasteiger partial charge in [-0.25, -0.2) is 0 Å². The maximum atomic E-state index is 10.7. The van der Waals surface area contributed by atoms with E-state index in [9.17, 15) is 4.79 Å². The number of nitrogens with zero attached hydrogens (tertiary/aromatic N) is 4. The van der Waals surface area contributed by atoms with Gasteiger partial charge in [-0.1, -0.05) is 18.7 Å². The van der Waals surface area contributed by atoms with Crippen LogP contribution >= 0.6 is 11.8 Å². The minimum atomic E-state index is -0.821. The van der Waals surface area contributed by atoms with E-state index in [1.807, 2.05) is 0 Å². The van der Waals surface area contributed by atoms with Crippen molar-refractivity contribution in [2.75, 3.05) is 25.9 Å². The largest absolute Gasteiger partial charge is 0.481 e. The van der Waals surface area contributed by atoms with Crippen LogP contribution in [-0.2, 0) is 11.3 Å². The highest BCUT2D eigenvalue weighted by molar-refractivity contribution is 7.99. The normalized spacial score (nSPS) is 15.1. The zero-order valence-electron chi connectivity index (χ0n) is 11.4. The molecule has 19 heavy (non-hydrogen) atoms. The summed E-state index contributed by atoms with van der Waals surface area (Å²) in [6, 6.07) is 0. The maximum absolute atomic E-state index is 10.7. The van der Waals surface area contributed by atoms with Crippen molar-refractivity contribution in [2.45, 2.75) is 37.4 Å². The van der Waals surface area contributed by atoms with E-state index in [1.165, 1.54) is 24.6 Å². The van der Waals surface area contributed by atoms with Gasteiger partial charge in [-0.3, -0.25) is 4.79 Å². The lowest BCUT2D eigenvalue weighted by molar-refractivity contribution is -0.133. The van der Waals surface area contributed by atoms with E-state index in [4.69, 9.17) is 5.11 Å². The molecule has 0 amide bonds. The van der Waals surface area contributed by atoms with Crippen LogP contribution in [-0.4, -0.2) is 56.6 Å². The van der Waals surface area contributed by atoms with E-state index in [0.717, 1.165) is 30.6 Å². The summed E-state index contributed by atoms with van der Waals surface area (Å²) in [6.07, 6.45) is 2.34. The van der Waals surface area contributed by atoms with Crippen LogP contribution in [0.15, 0.2) is 5.16 Å². The second-order valence-electron chi connectivity index (χ2n) is 4.84. The first kappa shape index (κ1) is 14.3. The standard InChI is InChI=1S/C12H20N4O2S/c1-3-15(2)6-7-16-11(9-4-5-9)13-14-12(16)19-8-10(17)18/h9H,3-8H2,1-2H3,(H,17,18). The Bertz CT molecular complexity index is 445. The SMILES string of the molecule is CCN(C)CCn1c(SCC(=O)O)nnc1C1CC1. The van der Waals surface area contributed by atoms with Crippen molar-refractivity contribution in [1.82, 2.24) is 19.7 Å². The van der Waals surface area contributed by atoms with E-state index in [1.54, 1.807) is 0 Å².